The molecule has 2 N–H and O–H groups in total. The summed E-state index contributed by atoms with van der Waals surface area (Å²) in [5, 5.41) is 16.2. The second-order valence-corrected chi connectivity index (χ2v) is 6.55. The summed E-state index contributed by atoms with van der Waals surface area (Å²) in [6.45, 7) is 1.42. The molecule has 0 aromatic heterocycles. The number of benzene rings is 1. The van der Waals surface area contributed by atoms with Gasteiger partial charge in [0.15, 0.2) is 0 Å². The van der Waals surface area contributed by atoms with Crippen molar-refractivity contribution < 1.29 is 203 Å². The van der Waals surface area contributed by atoms with Gasteiger partial charge < -0.3 is 45.7 Å². The van der Waals surface area contributed by atoms with Crippen LogP contribution >= 0.6 is 0 Å². The van der Waals surface area contributed by atoms with E-state index in [4.69, 9.17) is 4.74 Å². The second-order valence-electron chi connectivity index (χ2n) is 6.55. The summed E-state index contributed by atoms with van der Waals surface area (Å²) >= 11 is 0. The van der Waals surface area contributed by atoms with Crippen molar-refractivity contribution in [2.24, 2.45) is 0 Å². The molecule has 0 aliphatic carbocycles. The normalized spacial score (nSPS) is 9.17. The molecule has 0 spiro atoms. The predicted octanol–water partition coefficient (Wildman–Crippen LogP) is -7.75. The first-order chi connectivity index (χ1) is 15.4. The fraction of sp³-hybridized carbons (Fsp3) is 0.476. The maximum Gasteiger partial charge on any atom is 1.00 e. The van der Waals surface area contributed by atoms with Crippen LogP contribution in [0.3, 0.4) is 0 Å². The van der Waals surface area contributed by atoms with Crippen molar-refractivity contribution in [2.75, 3.05) is 39.9 Å². The third-order valence-corrected chi connectivity index (χ3v) is 3.98. The summed E-state index contributed by atoms with van der Waals surface area (Å²) in [5.41, 5.74) is 1.09. The van der Waals surface area contributed by atoms with Crippen molar-refractivity contribution in [3.8, 4) is 0 Å². The number of amides is 5. The van der Waals surface area contributed by atoms with Crippen LogP contribution in [0.4, 0.5) is 5.69 Å². The van der Waals surface area contributed by atoms with Crippen LogP contribution in [-0.2, 0) is 35.1 Å². The first-order valence-electron chi connectivity index (χ1n) is 10.1. The zero-order valence-electron chi connectivity index (χ0n) is 21.0. The zero-order valence-corrected chi connectivity index (χ0v) is 35.8. The van der Waals surface area contributed by atoms with Crippen LogP contribution in [0, 0.1) is 0 Å². The number of rotatable bonds is 16. The van der Waals surface area contributed by atoms with E-state index in [9.17, 15) is 24.0 Å². The number of nitrogens with one attached hydrogen (secondary N) is 2. The molecule has 1 aromatic rings. The van der Waals surface area contributed by atoms with Crippen molar-refractivity contribution >= 4 is 35.7 Å². The Balaban J connectivity index is -0.00000341. The maximum atomic E-state index is 11.9. The van der Waals surface area contributed by atoms with Crippen molar-refractivity contribution in [3.63, 3.8) is 0 Å². The van der Waals surface area contributed by atoms with Crippen molar-refractivity contribution in [2.45, 2.75) is 25.7 Å². The Morgan fingerprint density at radius 2 is 1.63 bits per heavy atom. The van der Waals surface area contributed by atoms with Crippen molar-refractivity contribution in [1.29, 1.82) is 0 Å². The summed E-state index contributed by atoms with van der Waals surface area (Å²) in [7, 11) is 1.53. The minimum absolute atomic E-state index is 0. The van der Waals surface area contributed by atoms with Gasteiger partial charge in [0.05, 0.1) is 18.2 Å². The third-order valence-electron chi connectivity index (χ3n) is 3.98. The summed E-state index contributed by atoms with van der Waals surface area (Å²) in [4.78, 5) is 56.6. The van der Waals surface area contributed by atoms with Gasteiger partial charge in [-0.1, -0.05) is 24.3 Å². The molecule has 0 aliphatic heterocycles. The minimum atomic E-state index is -0.616. The molecule has 176 valence electrons. The SMILES string of the molecule is CNC(=O)CCNC(=O)Cc1ccc([N-]C(=O)CC(=O)[N-]CCOCCC[N-]C=O)cc1.[Rb+].[Rb+].[Rb+]. The molecule has 0 unspecified atom stereocenters. The Morgan fingerprint density at radius 1 is 0.943 bits per heavy atom. The van der Waals surface area contributed by atoms with E-state index < -0.39 is 18.2 Å². The number of carbonyl (C=O) groups excluding carboxylic acids is 5. The van der Waals surface area contributed by atoms with E-state index in [2.05, 4.69) is 26.6 Å². The fourth-order valence-electron chi connectivity index (χ4n) is 2.39. The Labute approximate surface area is 352 Å². The minimum Gasteiger partial charge on any atom is -0.656 e. The topological polar surface area (TPSA) is 161 Å². The first-order valence-corrected chi connectivity index (χ1v) is 10.1. The molecule has 5 amide bonds. The van der Waals surface area contributed by atoms with Crippen LogP contribution in [0.5, 0.6) is 0 Å². The summed E-state index contributed by atoms with van der Waals surface area (Å²) < 4.78 is 5.23. The standard InChI is InChI=1S/C21H31N5O6.3Rb/c1-22-18(28)7-9-24-19(29)13-16-3-5-17(6-4-16)26-21(31)14-20(30)25-10-12-32-11-2-8-23-15-27;;;/h3-6,15H,2,7-14H2,1H3,(H5,22,23,24,25,26,27,28,29,30,31);;;/q;3*+1/p-3. The smallest absolute Gasteiger partial charge is 0.656 e. The van der Waals surface area contributed by atoms with Crippen LogP contribution in [0.25, 0.3) is 16.0 Å². The second kappa shape index (κ2) is 27.5. The average Bonchev–Trinajstić information content (AvgIpc) is 2.76. The molecule has 0 aliphatic rings. The van der Waals surface area contributed by atoms with E-state index in [1.807, 2.05) is 0 Å². The van der Waals surface area contributed by atoms with Crippen LogP contribution < -0.4 is 185 Å². The number of ether oxygens (including phenoxy) is 1. The van der Waals surface area contributed by atoms with E-state index in [0.29, 0.717) is 31.7 Å². The number of hydrogen-bond donors (Lipinski definition) is 2. The molecule has 1 aromatic carbocycles. The third kappa shape index (κ3) is 23.5. The summed E-state index contributed by atoms with van der Waals surface area (Å²) in [5.74, 6) is -1.57. The summed E-state index contributed by atoms with van der Waals surface area (Å²) in [6, 6.07) is 6.49. The van der Waals surface area contributed by atoms with E-state index in [1.54, 1.807) is 24.3 Å². The summed E-state index contributed by atoms with van der Waals surface area (Å²) in [6.07, 6.45) is 0.994. The fourth-order valence-corrected chi connectivity index (χ4v) is 2.39. The van der Waals surface area contributed by atoms with Gasteiger partial charge in [0.2, 0.25) is 11.8 Å². The molecule has 11 nitrogen and oxygen atoms in total. The van der Waals surface area contributed by atoms with Crippen LogP contribution in [0.1, 0.15) is 24.8 Å². The first kappa shape index (κ1) is 41.4. The average molecular weight is 703 g/mol. The molecule has 0 heterocycles. The van der Waals surface area contributed by atoms with Crippen LogP contribution in [-0.4, -0.2) is 69.9 Å². The van der Waals surface area contributed by atoms with E-state index in [1.165, 1.54) is 7.05 Å². The number of hydrogen-bond acceptors (Lipinski definition) is 6. The van der Waals surface area contributed by atoms with Gasteiger partial charge in [-0.2, -0.15) is 0 Å². The molecule has 0 radical (unpaired) electrons. The molecule has 0 atom stereocenters. The molecule has 0 fully saturated rings. The Morgan fingerprint density at radius 3 is 2.26 bits per heavy atom. The maximum absolute atomic E-state index is 11.9. The van der Waals surface area contributed by atoms with Crippen LogP contribution in [0.15, 0.2) is 24.3 Å². The van der Waals surface area contributed by atoms with Gasteiger partial charge in [0.1, 0.15) is 0 Å². The Bertz CT molecular complexity index is 768. The molecule has 35 heavy (non-hydrogen) atoms. The molecular formula is C21H28N5O6Rb3. The molecule has 0 saturated heterocycles. The monoisotopic (exact) mass is 701 g/mol. The Kier molecular flexibility index (Phi) is 32.6. The van der Waals surface area contributed by atoms with E-state index in [-0.39, 0.29) is 219 Å². The molecule has 14 heteroatoms. The van der Waals surface area contributed by atoms with Gasteiger partial charge in [0, 0.05) is 46.1 Å². The molecule has 0 saturated carbocycles. The van der Waals surface area contributed by atoms with Crippen LogP contribution in [0.2, 0.25) is 0 Å². The van der Waals surface area contributed by atoms with Gasteiger partial charge in [-0.05, 0) is 12.0 Å². The number of nitrogens with zero attached hydrogens (tertiary/aromatic N) is 3. The van der Waals surface area contributed by atoms with Gasteiger partial charge >= 0.3 is 175 Å². The Hall–Kier alpha value is 1.95. The van der Waals surface area contributed by atoms with Gasteiger partial charge in [-0.25, -0.2) is 0 Å². The van der Waals surface area contributed by atoms with E-state index in [0.717, 1.165) is 5.56 Å². The molecule has 0 bridgehead atoms. The number of carbonyl (C=O) groups is 5. The quantitative estimate of drug-likeness (QED) is 0.0989. The predicted molar refractivity (Wildman–Crippen MR) is 117 cm³/mol. The van der Waals surface area contributed by atoms with Crippen molar-refractivity contribution in [3.05, 3.63) is 45.8 Å². The largest absolute Gasteiger partial charge is 1.00 e. The van der Waals surface area contributed by atoms with Gasteiger partial charge in [0.25, 0.3) is 0 Å². The van der Waals surface area contributed by atoms with Gasteiger partial charge in [-0.15, -0.1) is 18.8 Å². The zero-order chi connectivity index (χ0) is 23.6. The molecular weight excluding hydrogens is 675 g/mol. The van der Waals surface area contributed by atoms with Gasteiger partial charge in [-0.3, -0.25) is 9.59 Å². The molecule has 1 rings (SSSR count). The van der Waals surface area contributed by atoms with Crippen molar-refractivity contribution in [1.82, 2.24) is 10.6 Å². The van der Waals surface area contributed by atoms with E-state index >= 15 is 0 Å².